The van der Waals surface area contributed by atoms with Gasteiger partial charge in [-0.3, -0.25) is 4.79 Å². The number of benzene rings is 2. The standard InChI is InChI=1S/C20H23FN2O4S/c1-14-6-7-15(12-17(14)21)20(24)22-16-8-9-18(27-2)19(13-16)28(25,26)23-10-4-3-5-11-23/h6-9,12-13H,3-5,10-11H2,1-2H3,(H,22,24). The number of halogens is 1. The molecule has 0 saturated carbocycles. The summed E-state index contributed by atoms with van der Waals surface area (Å²) in [5.74, 6) is -0.786. The van der Waals surface area contributed by atoms with E-state index in [1.165, 1.54) is 35.7 Å². The Labute approximate surface area is 164 Å². The van der Waals surface area contributed by atoms with Crippen LogP contribution >= 0.6 is 0 Å². The molecular weight excluding hydrogens is 383 g/mol. The van der Waals surface area contributed by atoms with Crippen LogP contribution in [0.4, 0.5) is 10.1 Å². The maximum atomic E-state index is 13.7. The van der Waals surface area contributed by atoms with E-state index in [-0.39, 0.29) is 16.2 Å². The maximum absolute atomic E-state index is 13.7. The van der Waals surface area contributed by atoms with Gasteiger partial charge < -0.3 is 10.1 Å². The lowest BCUT2D eigenvalue weighted by molar-refractivity contribution is 0.102. The summed E-state index contributed by atoms with van der Waals surface area (Å²) in [4.78, 5) is 12.4. The summed E-state index contributed by atoms with van der Waals surface area (Å²) in [6.45, 7) is 2.54. The highest BCUT2D eigenvalue weighted by molar-refractivity contribution is 7.89. The number of anilines is 1. The molecule has 0 spiro atoms. The average Bonchev–Trinajstić information content (AvgIpc) is 2.70. The zero-order valence-corrected chi connectivity index (χ0v) is 16.7. The van der Waals surface area contributed by atoms with Crippen molar-refractivity contribution in [2.45, 2.75) is 31.1 Å². The van der Waals surface area contributed by atoms with E-state index in [0.29, 0.717) is 24.3 Å². The van der Waals surface area contributed by atoms with Gasteiger partial charge in [-0.1, -0.05) is 12.5 Å². The molecular formula is C20H23FN2O4S. The van der Waals surface area contributed by atoms with Gasteiger partial charge in [0.25, 0.3) is 5.91 Å². The molecule has 0 radical (unpaired) electrons. The fourth-order valence-electron chi connectivity index (χ4n) is 3.14. The molecule has 1 aliphatic heterocycles. The van der Waals surface area contributed by atoms with Gasteiger partial charge in [-0.25, -0.2) is 12.8 Å². The summed E-state index contributed by atoms with van der Waals surface area (Å²) >= 11 is 0. The number of ether oxygens (including phenoxy) is 1. The molecule has 0 aromatic heterocycles. The number of hydrogen-bond acceptors (Lipinski definition) is 4. The van der Waals surface area contributed by atoms with Gasteiger partial charge in [0.05, 0.1) is 7.11 Å². The van der Waals surface area contributed by atoms with E-state index >= 15 is 0 Å². The molecule has 1 fully saturated rings. The molecule has 1 aliphatic rings. The number of methoxy groups -OCH3 is 1. The Bertz CT molecular complexity index is 986. The van der Waals surface area contributed by atoms with Crippen LogP contribution in [0.15, 0.2) is 41.3 Å². The van der Waals surface area contributed by atoms with E-state index in [2.05, 4.69) is 5.32 Å². The number of carbonyl (C=O) groups is 1. The van der Waals surface area contributed by atoms with Crippen LogP contribution in [0.2, 0.25) is 0 Å². The molecule has 0 unspecified atom stereocenters. The number of sulfonamides is 1. The van der Waals surface area contributed by atoms with Crippen LogP contribution in [0.5, 0.6) is 5.75 Å². The Morgan fingerprint density at radius 1 is 1.11 bits per heavy atom. The summed E-state index contributed by atoms with van der Waals surface area (Å²) in [7, 11) is -2.34. The van der Waals surface area contributed by atoms with E-state index in [4.69, 9.17) is 4.74 Å². The van der Waals surface area contributed by atoms with Crippen molar-refractivity contribution in [1.82, 2.24) is 4.31 Å². The summed E-state index contributed by atoms with van der Waals surface area (Å²) in [6, 6.07) is 8.62. The van der Waals surface area contributed by atoms with Crippen molar-refractivity contribution in [2.75, 3.05) is 25.5 Å². The first-order valence-corrected chi connectivity index (χ1v) is 10.5. The highest BCUT2D eigenvalue weighted by Gasteiger charge is 2.29. The second kappa shape index (κ2) is 8.28. The number of carbonyl (C=O) groups excluding carboxylic acids is 1. The average molecular weight is 406 g/mol. The number of hydrogen-bond donors (Lipinski definition) is 1. The second-order valence-electron chi connectivity index (χ2n) is 6.75. The fraction of sp³-hybridized carbons (Fsp3) is 0.350. The maximum Gasteiger partial charge on any atom is 0.255 e. The zero-order valence-electron chi connectivity index (χ0n) is 15.9. The van der Waals surface area contributed by atoms with Crippen molar-refractivity contribution in [1.29, 1.82) is 0 Å². The molecule has 0 atom stereocenters. The van der Waals surface area contributed by atoms with E-state index in [1.807, 2.05) is 0 Å². The molecule has 2 aromatic rings. The Balaban J connectivity index is 1.90. The molecule has 2 aromatic carbocycles. The van der Waals surface area contributed by atoms with Crippen LogP contribution in [0, 0.1) is 12.7 Å². The van der Waals surface area contributed by atoms with Crippen molar-refractivity contribution in [3.05, 3.63) is 53.3 Å². The van der Waals surface area contributed by atoms with Gasteiger partial charge in [-0.2, -0.15) is 4.31 Å². The van der Waals surface area contributed by atoms with E-state index in [1.54, 1.807) is 13.0 Å². The van der Waals surface area contributed by atoms with E-state index in [9.17, 15) is 17.6 Å². The number of nitrogens with zero attached hydrogens (tertiary/aromatic N) is 1. The third kappa shape index (κ3) is 4.18. The minimum Gasteiger partial charge on any atom is -0.495 e. The van der Waals surface area contributed by atoms with Crippen molar-refractivity contribution in [3.8, 4) is 5.75 Å². The summed E-state index contributed by atoms with van der Waals surface area (Å²) in [5.41, 5.74) is 0.887. The molecule has 8 heteroatoms. The Hall–Kier alpha value is -2.45. The van der Waals surface area contributed by atoms with Crippen molar-refractivity contribution in [2.24, 2.45) is 0 Å². The predicted molar refractivity (Wildman–Crippen MR) is 105 cm³/mol. The Morgan fingerprint density at radius 3 is 2.46 bits per heavy atom. The smallest absolute Gasteiger partial charge is 0.255 e. The molecule has 6 nitrogen and oxygen atoms in total. The van der Waals surface area contributed by atoms with Crippen LogP contribution < -0.4 is 10.1 Å². The second-order valence-corrected chi connectivity index (χ2v) is 8.65. The number of amides is 1. The van der Waals surface area contributed by atoms with Crippen LogP contribution in [0.3, 0.4) is 0 Å². The van der Waals surface area contributed by atoms with Gasteiger partial charge in [0, 0.05) is 24.3 Å². The molecule has 1 amide bonds. The monoisotopic (exact) mass is 406 g/mol. The molecule has 1 N–H and O–H groups in total. The number of piperidine rings is 1. The van der Waals surface area contributed by atoms with Crippen LogP contribution in [-0.2, 0) is 10.0 Å². The van der Waals surface area contributed by atoms with Crippen molar-refractivity contribution >= 4 is 21.6 Å². The molecule has 0 bridgehead atoms. The zero-order chi connectivity index (χ0) is 20.3. The summed E-state index contributed by atoms with van der Waals surface area (Å²) in [5, 5.41) is 2.63. The van der Waals surface area contributed by atoms with Gasteiger partial charge in [0.2, 0.25) is 10.0 Å². The molecule has 1 heterocycles. The molecule has 28 heavy (non-hydrogen) atoms. The number of rotatable bonds is 5. The Kier molecular flexibility index (Phi) is 6.00. The fourth-order valence-corrected chi connectivity index (χ4v) is 4.84. The van der Waals surface area contributed by atoms with Crippen molar-refractivity contribution in [3.63, 3.8) is 0 Å². The van der Waals surface area contributed by atoms with Crippen molar-refractivity contribution < 1.29 is 22.3 Å². The normalized spacial score (nSPS) is 15.2. The lowest BCUT2D eigenvalue weighted by Gasteiger charge is -2.26. The molecule has 1 saturated heterocycles. The largest absolute Gasteiger partial charge is 0.495 e. The predicted octanol–water partition coefficient (Wildman–Crippen LogP) is 3.57. The molecule has 3 rings (SSSR count). The first-order chi connectivity index (χ1) is 13.3. The summed E-state index contributed by atoms with van der Waals surface area (Å²) < 4.78 is 46.5. The minimum absolute atomic E-state index is 0.00443. The van der Waals surface area contributed by atoms with Gasteiger partial charge in [-0.15, -0.1) is 0 Å². The highest BCUT2D eigenvalue weighted by atomic mass is 32.2. The minimum atomic E-state index is -3.74. The van der Waals surface area contributed by atoms with E-state index in [0.717, 1.165) is 25.3 Å². The Morgan fingerprint density at radius 2 is 1.82 bits per heavy atom. The van der Waals surface area contributed by atoms with Crippen LogP contribution in [0.1, 0.15) is 35.2 Å². The third-order valence-electron chi connectivity index (χ3n) is 4.79. The van der Waals surface area contributed by atoms with Gasteiger partial charge in [0.15, 0.2) is 0 Å². The SMILES string of the molecule is COc1ccc(NC(=O)c2ccc(C)c(F)c2)cc1S(=O)(=O)N1CCCCC1. The first kappa shape index (κ1) is 20.3. The molecule has 0 aliphatic carbocycles. The number of aryl methyl sites for hydroxylation is 1. The topological polar surface area (TPSA) is 75.7 Å². The van der Waals surface area contributed by atoms with Gasteiger partial charge >= 0.3 is 0 Å². The lowest BCUT2D eigenvalue weighted by atomic mass is 10.1. The lowest BCUT2D eigenvalue weighted by Crippen LogP contribution is -2.35. The third-order valence-corrected chi connectivity index (χ3v) is 6.71. The quantitative estimate of drug-likeness (QED) is 0.824. The van der Waals surface area contributed by atoms with Gasteiger partial charge in [-0.05, 0) is 55.7 Å². The summed E-state index contributed by atoms with van der Waals surface area (Å²) in [6.07, 6.45) is 2.64. The van der Waals surface area contributed by atoms with E-state index < -0.39 is 21.7 Å². The van der Waals surface area contributed by atoms with Crippen LogP contribution in [-0.4, -0.2) is 38.8 Å². The van der Waals surface area contributed by atoms with Gasteiger partial charge in [0.1, 0.15) is 16.5 Å². The van der Waals surface area contributed by atoms with Crippen LogP contribution in [0.25, 0.3) is 0 Å². The first-order valence-electron chi connectivity index (χ1n) is 9.08. The number of nitrogens with one attached hydrogen (secondary N) is 1. The molecule has 150 valence electrons. The highest BCUT2D eigenvalue weighted by Crippen LogP contribution is 2.31.